The molecule has 0 spiro atoms. The highest BCUT2D eigenvalue weighted by Crippen LogP contribution is 2.32. The Hall–Kier alpha value is -3.08. The van der Waals surface area contributed by atoms with Crippen LogP contribution in [0, 0.1) is 46.4 Å². The summed E-state index contributed by atoms with van der Waals surface area (Å²) in [5, 5.41) is 8.66. The Bertz CT molecular complexity index is 980. The van der Waals surface area contributed by atoms with E-state index in [1.54, 1.807) is 0 Å². The molecular formula is C24H23F4NO3. The molecule has 0 bridgehead atoms. The predicted octanol–water partition coefficient (Wildman–Crippen LogP) is 6.32. The molecule has 0 N–H and O–H groups in total. The van der Waals surface area contributed by atoms with E-state index in [0.29, 0.717) is 24.7 Å². The number of rotatable bonds is 7. The Balaban J connectivity index is 1.64. The maximum Gasteiger partial charge on any atom is 0.349 e. The molecule has 1 saturated carbocycles. The zero-order valence-electron chi connectivity index (χ0n) is 17.6. The van der Waals surface area contributed by atoms with Gasteiger partial charge in [-0.1, -0.05) is 32.6 Å². The van der Waals surface area contributed by atoms with Gasteiger partial charge in [-0.2, -0.15) is 5.26 Å². The number of nitriles is 1. The Morgan fingerprint density at radius 2 is 1.47 bits per heavy atom. The second-order valence-corrected chi connectivity index (χ2v) is 8.01. The lowest BCUT2D eigenvalue weighted by Crippen LogP contribution is -2.20. The highest BCUT2D eigenvalue weighted by atomic mass is 19.1. The van der Waals surface area contributed by atoms with Crippen molar-refractivity contribution in [2.24, 2.45) is 11.8 Å². The van der Waals surface area contributed by atoms with Crippen molar-refractivity contribution >= 4 is 5.97 Å². The number of benzene rings is 2. The first kappa shape index (κ1) is 23.6. The van der Waals surface area contributed by atoms with Gasteiger partial charge < -0.3 is 9.47 Å². The molecule has 0 heterocycles. The van der Waals surface area contributed by atoms with E-state index in [2.05, 4.69) is 6.92 Å². The molecule has 0 unspecified atom stereocenters. The minimum absolute atomic E-state index is 0.0531. The molecule has 3 rings (SSSR count). The van der Waals surface area contributed by atoms with Crippen molar-refractivity contribution in [1.29, 1.82) is 5.26 Å². The number of hydrogen-bond acceptors (Lipinski definition) is 4. The summed E-state index contributed by atoms with van der Waals surface area (Å²) in [5.74, 6) is -6.06. The van der Waals surface area contributed by atoms with Gasteiger partial charge in [0.05, 0.1) is 6.61 Å². The van der Waals surface area contributed by atoms with Crippen LogP contribution in [0.25, 0.3) is 0 Å². The zero-order valence-corrected chi connectivity index (χ0v) is 17.6. The van der Waals surface area contributed by atoms with E-state index in [1.165, 1.54) is 12.5 Å². The minimum Gasteiger partial charge on any atom is -0.493 e. The van der Waals surface area contributed by atoms with Crippen LogP contribution in [-0.2, 0) is 0 Å². The third-order valence-electron chi connectivity index (χ3n) is 5.71. The Morgan fingerprint density at radius 1 is 0.938 bits per heavy atom. The topological polar surface area (TPSA) is 59.3 Å². The average molecular weight is 449 g/mol. The van der Waals surface area contributed by atoms with Crippen molar-refractivity contribution in [1.82, 2.24) is 0 Å². The van der Waals surface area contributed by atoms with Crippen molar-refractivity contribution in [2.75, 3.05) is 6.61 Å². The van der Waals surface area contributed by atoms with Gasteiger partial charge in [0.1, 0.15) is 52.0 Å². The summed E-state index contributed by atoms with van der Waals surface area (Å²) < 4.78 is 66.4. The zero-order chi connectivity index (χ0) is 23.3. The molecule has 8 heteroatoms. The molecule has 170 valence electrons. The van der Waals surface area contributed by atoms with E-state index in [9.17, 15) is 22.4 Å². The minimum atomic E-state index is -1.47. The van der Waals surface area contributed by atoms with Crippen LogP contribution in [-0.4, -0.2) is 12.6 Å². The summed E-state index contributed by atoms with van der Waals surface area (Å²) in [6, 6.07) is 4.24. The molecular weight excluding hydrogens is 426 g/mol. The van der Waals surface area contributed by atoms with Gasteiger partial charge in [-0.25, -0.2) is 22.4 Å². The number of carbonyl (C=O) groups excluding carboxylic acids is 1. The molecule has 0 aliphatic heterocycles. The van der Waals surface area contributed by atoms with Crippen LogP contribution in [0.2, 0.25) is 0 Å². The third-order valence-corrected chi connectivity index (χ3v) is 5.71. The first-order valence-electron chi connectivity index (χ1n) is 10.6. The summed E-state index contributed by atoms with van der Waals surface area (Å²) in [6.07, 6.45) is 6.60. The summed E-state index contributed by atoms with van der Waals surface area (Å²) in [7, 11) is 0. The van der Waals surface area contributed by atoms with E-state index in [-0.39, 0.29) is 5.75 Å². The van der Waals surface area contributed by atoms with E-state index in [4.69, 9.17) is 14.7 Å². The Kier molecular flexibility index (Phi) is 7.73. The lowest BCUT2D eigenvalue weighted by molar-refractivity contribution is 0.0723. The number of nitrogens with zero attached hydrogens (tertiary/aromatic N) is 1. The number of carbonyl (C=O) groups is 1. The number of halogens is 4. The number of esters is 1. The molecule has 0 atom stereocenters. The van der Waals surface area contributed by atoms with Crippen molar-refractivity contribution in [3.05, 3.63) is 58.7 Å². The molecule has 32 heavy (non-hydrogen) atoms. The molecule has 4 nitrogen and oxygen atoms in total. The Labute approximate surface area is 183 Å². The number of hydrogen-bond donors (Lipinski definition) is 0. The van der Waals surface area contributed by atoms with Crippen LogP contribution < -0.4 is 9.47 Å². The fourth-order valence-corrected chi connectivity index (χ4v) is 4.01. The highest BCUT2D eigenvalue weighted by Gasteiger charge is 2.24. The maximum atomic E-state index is 14.4. The van der Waals surface area contributed by atoms with Crippen molar-refractivity contribution in [3.8, 4) is 17.6 Å². The smallest absolute Gasteiger partial charge is 0.349 e. The lowest BCUT2D eigenvalue weighted by atomic mass is 9.80. The normalized spacial score (nSPS) is 18.1. The molecule has 2 aromatic rings. The van der Waals surface area contributed by atoms with Gasteiger partial charge in [0.15, 0.2) is 0 Å². The first-order valence-corrected chi connectivity index (χ1v) is 10.6. The summed E-state index contributed by atoms with van der Waals surface area (Å²) >= 11 is 0. The largest absolute Gasteiger partial charge is 0.493 e. The first-order chi connectivity index (χ1) is 15.3. The van der Waals surface area contributed by atoms with E-state index >= 15 is 0 Å². The molecule has 0 radical (unpaired) electrons. The van der Waals surface area contributed by atoms with Crippen LogP contribution in [0.3, 0.4) is 0 Å². The monoisotopic (exact) mass is 449 g/mol. The number of ether oxygens (including phenoxy) is 2. The van der Waals surface area contributed by atoms with Crippen LogP contribution in [0.15, 0.2) is 24.3 Å². The molecule has 1 aliphatic rings. The van der Waals surface area contributed by atoms with Crippen LogP contribution in [0.4, 0.5) is 17.6 Å². The average Bonchev–Trinajstić information content (AvgIpc) is 2.73. The molecule has 0 aromatic heterocycles. The Morgan fingerprint density at radius 3 is 2.00 bits per heavy atom. The van der Waals surface area contributed by atoms with Gasteiger partial charge in [0.25, 0.3) is 0 Å². The second kappa shape index (κ2) is 10.5. The maximum absolute atomic E-state index is 14.4. The quantitative estimate of drug-likeness (QED) is 0.282. The fourth-order valence-electron chi connectivity index (χ4n) is 4.01. The summed E-state index contributed by atoms with van der Waals surface area (Å²) in [5.41, 5.74) is -1.87. The lowest BCUT2D eigenvalue weighted by Gasteiger charge is -2.28. The van der Waals surface area contributed by atoms with Gasteiger partial charge in [0.2, 0.25) is 0 Å². The van der Waals surface area contributed by atoms with Gasteiger partial charge in [0, 0.05) is 24.3 Å². The fraction of sp³-hybridized carbons (Fsp3) is 0.417. The molecule has 1 fully saturated rings. The molecule has 2 aromatic carbocycles. The third kappa shape index (κ3) is 5.58. The van der Waals surface area contributed by atoms with Gasteiger partial charge in [-0.3, -0.25) is 0 Å². The van der Waals surface area contributed by atoms with E-state index in [0.717, 1.165) is 50.2 Å². The van der Waals surface area contributed by atoms with Gasteiger partial charge >= 0.3 is 5.97 Å². The molecule has 0 saturated heterocycles. The SMILES string of the molecule is CCC[C@H]1CC[C@H](COc2cc(F)c(C(=O)Oc3cc(F)c(C#N)c(F)c3)c(F)c2)CC1. The van der Waals surface area contributed by atoms with Gasteiger partial charge in [-0.05, 0) is 24.7 Å². The molecule has 1 aliphatic carbocycles. The van der Waals surface area contributed by atoms with Crippen molar-refractivity contribution < 1.29 is 31.8 Å². The van der Waals surface area contributed by atoms with Crippen LogP contribution >= 0.6 is 0 Å². The van der Waals surface area contributed by atoms with E-state index < -0.39 is 46.1 Å². The predicted molar refractivity (Wildman–Crippen MR) is 108 cm³/mol. The highest BCUT2D eigenvalue weighted by molar-refractivity contribution is 5.91. The van der Waals surface area contributed by atoms with Crippen molar-refractivity contribution in [2.45, 2.75) is 45.4 Å². The molecule has 0 amide bonds. The summed E-state index contributed by atoms with van der Waals surface area (Å²) in [4.78, 5) is 12.2. The second-order valence-electron chi connectivity index (χ2n) is 8.01. The van der Waals surface area contributed by atoms with Crippen LogP contribution in [0.1, 0.15) is 61.4 Å². The van der Waals surface area contributed by atoms with Crippen molar-refractivity contribution in [3.63, 3.8) is 0 Å². The summed E-state index contributed by atoms with van der Waals surface area (Å²) in [6.45, 7) is 2.49. The van der Waals surface area contributed by atoms with Crippen LogP contribution in [0.5, 0.6) is 11.5 Å². The van der Waals surface area contributed by atoms with Gasteiger partial charge in [-0.15, -0.1) is 0 Å². The van der Waals surface area contributed by atoms with E-state index in [1.807, 2.05) is 0 Å². The standard InChI is InChI=1S/C24H23F4NO3/c1-2-3-14-4-6-15(7-5-14)13-31-16-8-21(27)23(22(28)9-16)24(30)32-17-10-19(25)18(12-29)20(26)11-17/h8-11,14-15H,2-7,13H2,1H3/t14-,15-.